The first kappa shape index (κ1) is 17.6. The van der Waals surface area contributed by atoms with Crippen LogP contribution in [0.4, 0.5) is 17.1 Å². The normalized spacial score (nSPS) is 10.6. The highest BCUT2D eigenvalue weighted by molar-refractivity contribution is 9.10. The predicted octanol–water partition coefficient (Wildman–Crippen LogP) is 7.89. The minimum absolute atomic E-state index is 1.07. The summed E-state index contributed by atoms with van der Waals surface area (Å²) in [5.74, 6) is 0. The highest BCUT2D eigenvalue weighted by atomic mass is 79.9. The molecule has 0 unspecified atom stereocenters. The lowest BCUT2D eigenvalue weighted by Crippen LogP contribution is -2.09. The number of aryl methyl sites for hydroxylation is 1. The van der Waals surface area contributed by atoms with Crippen LogP contribution in [0.15, 0.2) is 108 Å². The number of nitrogens with zero attached hydrogens (tertiary/aromatic N) is 1. The van der Waals surface area contributed by atoms with E-state index in [9.17, 15) is 0 Å². The lowest BCUT2D eigenvalue weighted by molar-refractivity contribution is 1.27. The minimum Gasteiger partial charge on any atom is -0.310 e. The van der Waals surface area contributed by atoms with Crippen molar-refractivity contribution < 1.29 is 0 Å². The Balaban J connectivity index is 1.77. The van der Waals surface area contributed by atoms with E-state index in [1.807, 2.05) is 6.07 Å². The second kappa shape index (κ2) is 7.81. The van der Waals surface area contributed by atoms with Gasteiger partial charge in [0.25, 0.3) is 0 Å². The molecule has 4 aromatic rings. The van der Waals surface area contributed by atoms with Gasteiger partial charge in [-0.25, -0.2) is 0 Å². The monoisotopic (exact) mass is 413 g/mol. The Morgan fingerprint density at radius 1 is 0.556 bits per heavy atom. The lowest BCUT2D eigenvalue weighted by Gasteiger charge is -2.26. The van der Waals surface area contributed by atoms with E-state index >= 15 is 0 Å². The van der Waals surface area contributed by atoms with Gasteiger partial charge in [-0.15, -0.1) is 0 Å². The Hall–Kier alpha value is -2.84. The number of hydrogen-bond donors (Lipinski definition) is 0. The van der Waals surface area contributed by atoms with E-state index in [-0.39, 0.29) is 0 Å². The quantitative estimate of drug-likeness (QED) is 0.328. The molecule has 0 atom stereocenters. The van der Waals surface area contributed by atoms with Gasteiger partial charge in [0.2, 0.25) is 0 Å². The van der Waals surface area contributed by atoms with E-state index in [0.29, 0.717) is 0 Å². The summed E-state index contributed by atoms with van der Waals surface area (Å²) >= 11 is 3.60. The van der Waals surface area contributed by atoms with Crippen LogP contribution in [0.25, 0.3) is 11.1 Å². The molecule has 132 valence electrons. The number of hydrogen-bond acceptors (Lipinski definition) is 1. The highest BCUT2D eigenvalue weighted by Gasteiger charge is 2.12. The lowest BCUT2D eigenvalue weighted by atomic mass is 10.0. The van der Waals surface area contributed by atoms with E-state index in [1.165, 1.54) is 16.7 Å². The van der Waals surface area contributed by atoms with Crippen LogP contribution < -0.4 is 4.90 Å². The largest absolute Gasteiger partial charge is 0.310 e. The Morgan fingerprint density at radius 3 is 1.78 bits per heavy atom. The molecular weight excluding hydrogens is 394 g/mol. The third-order valence-electron chi connectivity index (χ3n) is 4.59. The summed E-state index contributed by atoms with van der Waals surface area (Å²) in [6.45, 7) is 2.11. The van der Waals surface area contributed by atoms with Crippen LogP contribution in [0.5, 0.6) is 0 Å². The van der Waals surface area contributed by atoms with Crippen molar-refractivity contribution in [2.24, 2.45) is 0 Å². The first-order valence-corrected chi connectivity index (χ1v) is 9.78. The fourth-order valence-electron chi connectivity index (χ4n) is 3.19. The maximum Gasteiger partial charge on any atom is 0.0472 e. The van der Waals surface area contributed by atoms with Gasteiger partial charge in [0.1, 0.15) is 0 Å². The SMILES string of the molecule is Cc1ccc(N(c2ccc(-c3ccccc3)cc2)c2cccc(Br)c2)cc1. The third kappa shape index (κ3) is 3.96. The zero-order valence-corrected chi connectivity index (χ0v) is 16.7. The molecule has 0 aliphatic heterocycles. The molecule has 0 radical (unpaired) electrons. The zero-order chi connectivity index (χ0) is 18.6. The van der Waals surface area contributed by atoms with E-state index in [1.54, 1.807) is 0 Å². The number of benzene rings is 4. The van der Waals surface area contributed by atoms with Crippen LogP contribution in [0.2, 0.25) is 0 Å². The van der Waals surface area contributed by atoms with Crippen LogP contribution in [0.1, 0.15) is 5.56 Å². The van der Waals surface area contributed by atoms with Gasteiger partial charge in [-0.3, -0.25) is 0 Å². The van der Waals surface area contributed by atoms with E-state index in [0.717, 1.165) is 21.5 Å². The summed E-state index contributed by atoms with van der Waals surface area (Å²) in [5, 5.41) is 0. The van der Waals surface area contributed by atoms with Gasteiger partial charge >= 0.3 is 0 Å². The Kier molecular flexibility index (Phi) is 5.08. The number of rotatable bonds is 4. The molecule has 2 heteroatoms. The van der Waals surface area contributed by atoms with Crippen molar-refractivity contribution in [1.82, 2.24) is 0 Å². The number of halogens is 1. The summed E-state index contributed by atoms with van der Waals surface area (Å²) < 4.78 is 1.07. The molecule has 0 N–H and O–H groups in total. The summed E-state index contributed by atoms with van der Waals surface area (Å²) in [4.78, 5) is 2.28. The Morgan fingerprint density at radius 2 is 1.15 bits per heavy atom. The molecule has 27 heavy (non-hydrogen) atoms. The van der Waals surface area contributed by atoms with Crippen molar-refractivity contribution in [2.75, 3.05) is 4.90 Å². The summed E-state index contributed by atoms with van der Waals surface area (Å²) in [6, 6.07) is 36.2. The first-order chi connectivity index (χ1) is 13.2. The maximum atomic E-state index is 3.60. The standard InChI is InChI=1S/C25H20BrN/c1-19-10-14-23(15-11-19)27(25-9-5-8-22(26)18-25)24-16-12-21(13-17-24)20-6-3-2-4-7-20/h2-18H,1H3. The summed E-state index contributed by atoms with van der Waals surface area (Å²) in [6.07, 6.45) is 0. The molecule has 1 nitrogen and oxygen atoms in total. The fourth-order valence-corrected chi connectivity index (χ4v) is 3.58. The molecule has 0 aliphatic rings. The second-order valence-corrected chi connectivity index (χ2v) is 7.48. The molecule has 0 saturated heterocycles. The van der Waals surface area contributed by atoms with Gasteiger partial charge < -0.3 is 4.90 Å². The van der Waals surface area contributed by atoms with Crippen molar-refractivity contribution >= 4 is 33.0 Å². The van der Waals surface area contributed by atoms with Crippen molar-refractivity contribution in [3.63, 3.8) is 0 Å². The van der Waals surface area contributed by atoms with Gasteiger partial charge in [-0.1, -0.05) is 82.2 Å². The van der Waals surface area contributed by atoms with Crippen molar-refractivity contribution in [1.29, 1.82) is 0 Å². The molecule has 0 saturated carbocycles. The molecule has 0 heterocycles. The van der Waals surface area contributed by atoms with Crippen LogP contribution in [-0.2, 0) is 0 Å². The van der Waals surface area contributed by atoms with E-state index in [2.05, 4.69) is 125 Å². The van der Waals surface area contributed by atoms with Crippen molar-refractivity contribution in [3.8, 4) is 11.1 Å². The average molecular weight is 414 g/mol. The molecule has 4 aromatic carbocycles. The maximum absolute atomic E-state index is 3.60. The van der Waals surface area contributed by atoms with Gasteiger partial charge in [-0.05, 0) is 60.5 Å². The molecule has 0 spiro atoms. The smallest absolute Gasteiger partial charge is 0.0472 e. The molecule has 0 fully saturated rings. The molecule has 0 bridgehead atoms. The van der Waals surface area contributed by atoms with Crippen LogP contribution in [0.3, 0.4) is 0 Å². The molecule has 0 aromatic heterocycles. The van der Waals surface area contributed by atoms with E-state index < -0.39 is 0 Å². The summed E-state index contributed by atoms with van der Waals surface area (Å²) in [5.41, 5.74) is 7.11. The number of anilines is 3. The summed E-state index contributed by atoms with van der Waals surface area (Å²) in [7, 11) is 0. The van der Waals surface area contributed by atoms with E-state index in [4.69, 9.17) is 0 Å². The van der Waals surface area contributed by atoms with Crippen LogP contribution in [0, 0.1) is 6.92 Å². The Labute approximate surface area is 169 Å². The van der Waals surface area contributed by atoms with Crippen LogP contribution in [-0.4, -0.2) is 0 Å². The van der Waals surface area contributed by atoms with Gasteiger partial charge in [0.05, 0.1) is 0 Å². The topological polar surface area (TPSA) is 3.24 Å². The first-order valence-electron chi connectivity index (χ1n) is 8.98. The average Bonchev–Trinajstić information content (AvgIpc) is 2.71. The molecular formula is C25H20BrN. The second-order valence-electron chi connectivity index (χ2n) is 6.56. The fraction of sp³-hybridized carbons (Fsp3) is 0.0400. The molecule has 4 rings (SSSR count). The predicted molar refractivity (Wildman–Crippen MR) is 119 cm³/mol. The van der Waals surface area contributed by atoms with Gasteiger partial charge in [-0.2, -0.15) is 0 Å². The molecule has 0 aliphatic carbocycles. The van der Waals surface area contributed by atoms with Gasteiger partial charge in [0.15, 0.2) is 0 Å². The minimum atomic E-state index is 1.07. The highest BCUT2D eigenvalue weighted by Crippen LogP contribution is 2.36. The molecule has 0 amide bonds. The Bertz CT molecular complexity index is 1020. The van der Waals surface area contributed by atoms with Crippen molar-refractivity contribution in [2.45, 2.75) is 6.92 Å². The van der Waals surface area contributed by atoms with Crippen molar-refractivity contribution in [3.05, 3.63) is 113 Å². The van der Waals surface area contributed by atoms with Gasteiger partial charge in [0, 0.05) is 21.5 Å². The third-order valence-corrected chi connectivity index (χ3v) is 5.08. The van der Waals surface area contributed by atoms with Crippen LogP contribution >= 0.6 is 15.9 Å². The zero-order valence-electron chi connectivity index (χ0n) is 15.1.